The van der Waals surface area contributed by atoms with E-state index < -0.39 is 21.3 Å². The van der Waals surface area contributed by atoms with Crippen LogP contribution in [0.5, 0.6) is 23.0 Å². The van der Waals surface area contributed by atoms with Gasteiger partial charge in [-0.2, -0.15) is 8.42 Å². The minimum absolute atomic E-state index is 0.0483. The molecule has 2 heterocycles. The molecule has 0 bridgehead atoms. The Kier molecular flexibility index (Phi) is 6.76. The molecule has 3 aromatic carbocycles. The number of carbonyl (C=O) groups is 2. The Balaban J connectivity index is 1.45. The van der Waals surface area contributed by atoms with E-state index in [-0.39, 0.29) is 40.2 Å². The highest BCUT2D eigenvalue weighted by Gasteiger charge is 2.36. The smallest absolute Gasteiger partial charge is 0.339 e. The van der Waals surface area contributed by atoms with Crippen molar-refractivity contribution < 1.29 is 36.4 Å². The van der Waals surface area contributed by atoms with Gasteiger partial charge < -0.3 is 18.4 Å². The van der Waals surface area contributed by atoms with Crippen molar-refractivity contribution in [2.24, 2.45) is 0 Å². The van der Waals surface area contributed by atoms with Crippen molar-refractivity contribution in [3.05, 3.63) is 81.7 Å². The largest absolute Gasteiger partial charge is 0.493 e. The molecule has 190 valence electrons. The van der Waals surface area contributed by atoms with Crippen LogP contribution in [0.25, 0.3) is 6.08 Å². The molecular weight excluding hydrogens is 542 g/mol. The molecule has 0 aliphatic carbocycles. The molecule has 1 saturated heterocycles. The van der Waals surface area contributed by atoms with Gasteiger partial charge in [-0.15, -0.1) is 0 Å². The molecule has 5 rings (SSSR count). The molecule has 0 N–H and O–H groups in total. The standard InChI is InChI=1S/C25H18ClNO8S2/c1-32-19-9-5-6-15(23(19)35-37(30,31)17-7-3-2-4-8-17)11-22-24(28)27(25(29)36-22)13-16-10-20-21(12-18(16)26)34-14-33-20/h2-12H,13-14H2,1H3/b22-11-. The Morgan fingerprint density at radius 3 is 2.51 bits per heavy atom. The highest BCUT2D eigenvalue weighted by atomic mass is 35.5. The highest BCUT2D eigenvalue weighted by molar-refractivity contribution is 8.18. The number of thioether (sulfide) groups is 1. The fraction of sp³-hybridized carbons (Fsp3) is 0.120. The molecule has 0 saturated carbocycles. The first kappa shape index (κ1) is 25.0. The number of rotatable bonds is 7. The maximum absolute atomic E-state index is 13.2. The predicted octanol–water partition coefficient (Wildman–Crippen LogP) is 5.08. The number of hydrogen-bond donors (Lipinski definition) is 0. The molecule has 0 spiro atoms. The monoisotopic (exact) mass is 559 g/mol. The van der Waals surface area contributed by atoms with Gasteiger partial charge in [0.2, 0.25) is 6.79 Å². The lowest BCUT2D eigenvalue weighted by molar-refractivity contribution is -0.123. The van der Waals surface area contributed by atoms with Crippen molar-refractivity contribution in [3.8, 4) is 23.0 Å². The first-order chi connectivity index (χ1) is 17.8. The molecule has 2 aliphatic rings. The van der Waals surface area contributed by atoms with E-state index in [1.807, 2.05) is 0 Å². The zero-order valence-electron chi connectivity index (χ0n) is 19.2. The van der Waals surface area contributed by atoms with Crippen molar-refractivity contribution in [1.29, 1.82) is 0 Å². The summed E-state index contributed by atoms with van der Waals surface area (Å²) in [5.41, 5.74) is 0.749. The lowest BCUT2D eigenvalue weighted by Gasteiger charge is -2.14. The Hall–Kier alpha value is -3.67. The van der Waals surface area contributed by atoms with Crippen molar-refractivity contribution >= 4 is 50.7 Å². The summed E-state index contributed by atoms with van der Waals surface area (Å²) in [5.74, 6) is 0.418. The summed E-state index contributed by atoms with van der Waals surface area (Å²) in [6.45, 7) is -0.0221. The van der Waals surface area contributed by atoms with E-state index in [1.54, 1.807) is 42.5 Å². The van der Waals surface area contributed by atoms with Gasteiger partial charge >= 0.3 is 10.1 Å². The van der Waals surface area contributed by atoms with Crippen molar-refractivity contribution in [1.82, 2.24) is 4.90 Å². The normalized spacial score (nSPS) is 15.9. The first-order valence-corrected chi connectivity index (χ1v) is 13.4. The summed E-state index contributed by atoms with van der Waals surface area (Å²) < 4.78 is 47.1. The Morgan fingerprint density at radius 2 is 1.78 bits per heavy atom. The maximum atomic E-state index is 13.2. The predicted molar refractivity (Wildman–Crippen MR) is 136 cm³/mol. The number of halogens is 1. The van der Waals surface area contributed by atoms with Crippen LogP contribution in [0.4, 0.5) is 4.79 Å². The SMILES string of the molecule is COc1cccc(/C=C2\SC(=O)N(Cc3cc4c(cc3Cl)OCO4)C2=O)c1OS(=O)(=O)c1ccccc1. The number of fused-ring (bicyclic) bond motifs is 1. The molecule has 12 heteroatoms. The maximum Gasteiger partial charge on any atom is 0.339 e. The average molecular weight is 560 g/mol. The molecule has 2 amide bonds. The highest BCUT2D eigenvalue weighted by Crippen LogP contribution is 2.41. The number of carbonyl (C=O) groups excluding carboxylic acids is 2. The first-order valence-electron chi connectivity index (χ1n) is 10.8. The van der Waals surface area contributed by atoms with Crippen LogP contribution in [0.2, 0.25) is 5.02 Å². The summed E-state index contributed by atoms with van der Waals surface area (Å²) in [7, 11) is -2.84. The summed E-state index contributed by atoms with van der Waals surface area (Å²) >= 11 is 7.04. The molecule has 3 aromatic rings. The molecule has 0 radical (unpaired) electrons. The van der Waals surface area contributed by atoms with Crippen LogP contribution in [0.1, 0.15) is 11.1 Å². The quantitative estimate of drug-likeness (QED) is 0.289. The number of methoxy groups -OCH3 is 1. The number of ether oxygens (including phenoxy) is 3. The van der Waals surface area contributed by atoms with E-state index in [0.717, 1.165) is 16.7 Å². The fourth-order valence-corrected chi connectivity index (χ4v) is 5.70. The molecule has 37 heavy (non-hydrogen) atoms. The molecule has 0 aromatic heterocycles. The van der Waals surface area contributed by atoms with E-state index in [4.69, 9.17) is 30.0 Å². The molecule has 0 atom stereocenters. The molecule has 2 aliphatic heterocycles. The van der Waals surface area contributed by atoms with Gasteiger partial charge in [-0.25, -0.2) is 0 Å². The van der Waals surface area contributed by atoms with E-state index in [9.17, 15) is 18.0 Å². The van der Waals surface area contributed by atoms with Gasteiger partial charge in [-0.1, -0.05) is 41.9 Å². The number of para-hydroxylation sites is 1. The minimum atomic E-state index is -4.20. The number of hydrogen-bond acceptors (Lipinski definition) is 9. The third kappa shape index (κ3) is 4.97. The Bertz CT molecular complexity index is 1540. The van der Waals surface area contributed by atoms with Gasteiger partial charge in [0.25, 0.3) is 11.1 Å². The van der Waals surface area contributed by atoms with Crippen molar-refractivity contribution in [2.75, 3.05) is 13.9 Å². The second kappa shape index (κ2) is 10.0. The van der Waals surface area contributed by atoms with Crippen molar-refractivity contribution in [3.63, 3.8) is 0 Å². The van der Waals surface area contributed by atoms with Crippen LogP contribution in [0, 0.1) is 0 Å². The van der Waals surface area contributed by atoms with Crippen molar-refractivity contribution in [2.45, 2.75) is 11.4 Å². The summed E-state index contributed by atoms with van der Waals surface area (Å²) in [4.78, 5) is 27.0. The van der Waals surface area contributed by atoms with E-state index in [1.165, 1.54) is 31.4 Å². The van der Waals surface area contributed by atoms with Gasteiger partial charge in [-0.05, 0) is 47.7 Å². The lowest BCUT2D eigenvalue weighted by atomic mass is 10.1. The van der Waals surface area contributed by atoms with Crippen LogP contribution < -0.4 is 18.4 Å². The van der Waals surface area contributed by atoms with Crippen LogP contribution in [-0.4, -0.2) is 38.4 Å². The van der Waals surface area contributed by atoms with Crippen LogP contribution in [0.3, 0.4) is 0 Å². The topological polar surface area (TPSA) is 108 Å². The average Bonchev–Trinajstić information content (AvgIpc) is 3.44. The third-order valence-electron chi connectivity index (χ3n) is 5.48. The van der Waals surface area contributed by atoms with Gasteiger partial charge in [0.15, 0.2) is 23.0 Å². The second-order valence-corrected chi connectivity index (χ2v) is 10.7. The van der Waals surface area contributed by atoms with E-state index in [0.29, 0.717) is 22.1 Å². The number of nitrogens with zero attached hydrogens (tertiary/aromatic N) is 1. The fourth-order valence-electron chi connectivity index (χ4n) is 3.67. The van der Waals surface area contributed by atoms with Crippen LogP contribution in [-0.2, 0) is 21.5 Å². The van der Waals surface area contributed by atoms with Gasteiger partial charge in [0, 0.05) is 16.7 Å². The molecule has 1 fully saturated rings. The summed E-state index contributed by atoms with van der Waals surface area (Å²) in [6, 6.07) is 15.5. The van der Waals surface area contributed by atoms with E-state index in [2.05, 4.69) is 0 Å². The van der Waals surface area contributed by atoms with Gasteiger partial charge in [0.05, 0.1) is 18.6 Å². The van der Waals surface area contributed by atoms with E-state index >= 15 is 0 Å². The van der Waals surface area contributed by atoms with Gasteiger partial charge in [0.1, 0.15) is 4.90 Å². The molecule has 0 unspecified atom stereocenters. The molecule has 9 nitrogen and oxygen atoms in total. The minimum Gasteiger partial charge on any atom is -0.493 e. The van der Waals surface area contributed by atoms with Crippen LogP contribution >= 0.6 is 23.4 Å². The van der Waals surface area contributed by atoms with Gasteiger partial charge in [-0.3, -0.25) is 14.5 Å². The second-order valence-electron chi connectivity index (χ2n) is 7.79. The summed E-state index contributed by atoms with van der Waals surface area (Å²) in [5, 5.41) is -0.186. The zero-order valence-corrected chi connectivity index (χ0v) is 21.6. The lowest BCUT2D eigenvalue weighted by Crippen LogP contribution is -2.27. The third-order valence-corrected chi connectivity index (χ3v) is 7.98. The Morgan fingerprint density at radius 1 is 1.05 bits per heavy atom. The number of imide groups is 1. The number of amides is 2. The van der Waals surface area contributed by atoms with Crippen LogP contribution in [0.15, 0.2) is 70.5 Å². The number of benzene rings is 3. The Labute approximate surface area is 221 Å². The molecular formula is C25H18ClNO8S2. The summed E-state index contributed by atoms with van der Waals surface area (Å²) in [6.07, 6.45) is 1.39. The zero-order chi connectivity index (χ0) is 26.2.